The smallest absolute Gasteiger partial charge is 0.439 e. The van der Waals surface area contributed by atoms with Crippen LogP contribution in [-0.2, 0) is 13.2 Å². The maximum Gasteiger partial charge on any atom is 0.439 e. The van der Waals surface area contributed by atoms with Gasteiger partial charge in [0.25, 0.3) is 0 Å². The molecule has 4 heterocycles. The lowest BCUT2D eigenvalue weighted by Crippen LogP contribution is -2.05. The molecule has 6 rings (SSSR count). The second kappa shape index (κ2) is 8.34. The number of ether oxygens (including phenoxy) is 1. The molecule has 3 aromatic heterocycles. The maximum absolute atomic E-state index is 11.7. The first-order valence-corrected chi connectivity index (χ1v) is 11.8. The van der Waals surface area contributed by atoms with Crippen LogP contribution in [0.5, 0.6) is 5.75 Å². The number of pyridine rings is 1. The van der Waals surface area contributed by atoms with Gasteiger partial charge in [-0.2, -0.15) is 0 Å². The lowest BCUT2D eigenvalue weighted by molar-refractivity contribution is 0.307. The lowest BCUT2D eigenvalue weighted by atomic mass is 9.90. The molecule has 0 amide bonds. The van der Waals surface area contributed by atoms with Gasteiger partial charge in [-0.1, -0.05) is 41.6 Å². The summed E-state index contributed by atoms with van der Waals surface area (Å²) in [5.41, 5.74) is 9.78. The van der Waals surface area contributed by atoms with Crippen LogP contribution < -0.4 is 10.5 Å². The molecule has 0 spiro atoms. The van der Waals surface area contributed by atoms with Crippen LogP contribution in [0.3, 0.4) is 0 Å². The molecule has 8 heteroatoms. The third-order valence-electron chi connectivity index (χ3n) is 6.71. The number of nitrogens with zero attached hydrogens (tertiary/aromatic N) is 4. The van der Waals surface area contributed by atoms with Gasteiger partial charge in [-0.05, 0) is 67.7 Å². The molecule has 0 atom stereocenters. The Morgan fingerprint density at radius 1 is 1.06 bits per heavy atom. The van der Waals surface area contributed by atoms with Gasteiger partial charge in [-0.3, -0.25) is 9.51 Å². The van der Waals surface area contributed by atoms with Gasteiger partial charge in [-0.25, -0.2) is 14.8 Å². The number of aromatic amines is 1. The predicted octanol–water partition coefficient (Wildman–Crippen LogP) is 4.95. The van der Waals surface area contributed by atoms with E-state index < -0.39 is 5.76 Å². The Morgan fingerprint density at radius 2 is 1.89 bits per heavy atom. The minimum Gasteiger partial charge on any atom is -0.488 e. The van der Waals surface area contributed by atoms with Gasteiger partial charge in [-0.15, -0.1) is 0 Å². The van der Waals surface area contributed by atoms with Gasteiger partial charge in [0, 0.05) is 16.8 Å². The largest absolute Gasteiger partial charge is 0.488 e. The summed E-state index contributed by atoms with van der Waals surface area (Å²) in [5.74, 6) is 1.51. The number of rotatable bonds is 3. The van der Waals surface area contributed by atoms with E-state index in [2.05, 4.69) is 58.0 Å². The van der Waals surface area contributed by atoms with Crippen molar-refractivity contribution in [2.75, 3.05) is 0 Å². The molecule has 0 saturated heterocycles. The molecule has 1 aliphatic heterocycles. The summed E-state index contributed by atoms with van der Waals surface area (Å²) >= 11 is 0. The van der Waals surface area contributed by atoms with Crippen LogP contribution in [0.2, 0.25) is 0 Å². The molecule has 180 valence electrons. The van der Waals surface area contributed by atoms with Crippen LogP contribution in [0, 0.1) is 20.8 Å². The average Bonchev–Trinajstić information content (AvgIpc) is 3.37. The van der Waals surface area contributed by atoms with Crippen LogP contribution in [-0.4, -0.2) is 24.7 Å². The zero-order chi connectivity index (χ0) is 25.0. The zero-order valence-electron chi connectivity index (χ0n) is 20.5. The van der Waals surface area contributed by atoms with Gasteiger partial charge < -0.3 is 9.30 Å². The maximum atomic E-state index is 11.7. The zero-order valence-corrected chi connectivity index (χ0v) is 20.5. The fourth-order valence-corrected chi connectivity index (χ4v) is 4.98. The number of hydrogen-bond donors (Lipinski definition) is 1. The second-order valence-electron chi connectivity index (χ2n) is 9.22. The third kappa shape index (κ3) is 3.62. The van der Waals surface area contributed by atoms with Crippen LogP contribution >= 0.6 is 0 Å². The molecule has 0 bridgehead atoms. The minimum absolute atomic E-state index is 0.402. The molecule has 0 unspecified atom stereocenters. The monoisotopic (exact) mass is 479 g/mol. The number of imidazole rings is 1. The highest BCUT2D eigenvalue weighted by atomic mass is 16.5. The summed E-state index contributed by atoms with van der Waals surface area (Å²) in [5, 5.41) is 3.93. The number of benzene rings is 2. The summed E-state index contributed by atoms with van der Waals surface area (Å²) in [7, 11) is 0. The van der Waals surface area contributed by atoms with E-state index in [1.54, 1.807) is 0 Å². The van der Waals surface area contributed by atoms with E-state index in [1.807, 2.05) is 32.9 Å². The highest BCUT2D eigenvalue weighted by molar-refractivity contribution is 5.99. The normalized spacial score (nSPS) is 14.2. The summed E-state index contributed by atoms with van der Waals surface area (Å²) in [6.07, 6.45) is 0. The fraction of sp³-hybridized carbons (Fsp3) is 0.214. The summed E-state index contributed by atoms with van der Waals surface area (Å²) in [6, 6.07) is 16.4. The molecule has 0 fully saturated rings. The molecule has 8 nitrogen and oxygen atoms in total. The molecule has 0 saturated carbocycles. The first-order chi connectivity index (χ1) is 17.4. The van der Waals surface area contributed by atoms with Crippen molar-refractivity contribution < 1.29 is 9.26 Å². The van der Waals surface area contributed by atoms with Crippen molar-refractivity contribution in [3.63, 3.8) is 0 Å². The van der Waals surface area contributed by atoms with Crippen LogP contribution in [0.25, 0.3) is 22.3 Å². The molecule has 0 radical (unpaired) electrons. The van der Waals surface area contributed by atoms with Gasteiger partial charge >= 0.3 is 5.76 Å². The second-order valence-corrected chi connectivity index (χ2v) is 9.22. The standard InChI is InChI=1S/C28H25N5O3/c1-15-11-16(2)29-27-25(15)30-18(4)33(27)13-19-9-10-22-23(12-19)35-14-20-7-5-6-8-21(20)24(22)17(3)26-31-28(34)36-32-26/h5-12H,13-14H2,1-4H3,(H,31,32,34)/b24-17-. The highest BCUT2D eigenvalue weighted by Crippen LogP contribution is 2.41. The van der Waals surface area contributed by atoms with Crippen molar-refractivity contribution in [3.05, 3.63) is 104 Å². The number of aryl methyl sites for hydroxylation is 3. The molecule has 5 aromatic rings. The van der Waals surface area contributed by atoms with Crippen molar-refractivity contribution >= 4 is 22.3 Å². The molecule has 1 aliphatic rings. The van der Waals surface area contributed by atoms with Crippen molar-refractivity contribution in [3.8, 4) is 5.75 Å². The topological polar surface area (TPSA) is 98.8 Å². The molecule has 36 heavy (non-hydrogen) atoms. The first kappa shape index (κ1) is 22.0. The molecule has 0 aliphatic carbocycles. The van der Waals surface area contributed by atoms with Crippen LogP contribution in [0.1, 0.15) is 52.1 Å². The van der Waals surface area contributed by atoms with Crippen molar-refractivity contribution in [2.45, 2.75) is 40.8 Å². The molecular formula is C28H25N5O3. The number of allylic oxidation sites excluding steroid dienone is 1. The lowest BCUT2D eigenvalue weighted by Gasteiger charge is -2.15. The van der Waals surface area contributed by atoms with E-state index >= 15 is 0 Å². The van der Waals surface area contributed by atoms with Gasteiger partial charge in [0.2, 0.25) is 0 Å². The number of aromatic nitrogens is 5. The van der Waals surface area contributed by atoms with Gasteiger partial charge in [0.15, 0.2) is 11.5 Å². The molecular weight excluding hydrogens is 454 g/mol. The van der Waals surface area contributed by atoms with Crippen molar-refractivity contribution in [1.29, 1.82) is 0 Å². The number of H-pyrrole nitrogens is 1. The van der Waals surface area contributed by atoms with Crippen LogP contribution in [0.15, 0.2) is 57.8 Å². The minimum atomic E-state index is -0.583. The van der Waals surface area contributed by atoms with E-state index in [0.717, 1.165) is 67.4 Å². The van der Waals surface area contributed by atoms with E-state index in [9.17, 15) is 4.79 Å². The first-order valence-electron chi connectivity index (χ1n) is 11.8. The Morgan fingerprint density at radius 3 is 2.69 bits per heavy atom. The fourth-order valence-electron chi connectivity index (χ4n) is 4.98. The average molecular weight is 480 g/mol. The number of nitrogens with one attached hydrogen (secondary N) is 1. The Balaban J connectivity index is 1.48. The third-order valence-corrected chi connectivity index (χ3v) is 6.71. The SMILES string of the molecule is C/C(=C1\c2ccccc2COc2cc(Cn3c(C)nc4c(C)cc(C)nc43)ccc21)c1noc(=O)[nH]1. The predicted molar refractivity (Wildman–Crippen MR) is 137 cm³/mol. The van der Waals surface area contributed by atoms with Gasteiger partial charge in [0.1, 0.15) is 23.7 Å². The Kier molecular flexibility index (Phi) is 5.10. The summed E-state index contributed by atoms with van der Waals surface area (Å²) < 4.78 is 13.2. The summed E-state index contributed by atoms with van der Waals surface area (Å²) in [4.78, 5) is 23.9. The summed E-state index contributed by atoms with van der Waals surface area (Å²) in [6.45, 7) is 9.07. The molecule has 1 N–H and O–H groups in total. The van der Waals surface area contributed by atoms with E-state index in [0.29, 0.717) is 19.0 Å². The number of fused-ring (bicyclic) bond motifs is 3. The molecule has 2 aromatic carbocycles. The quantitative estimate of drug-likeness (QED) is 0.393. The van der Waals surface area contributed by atoms with Crippen molar-refractivity contribution in [1.82, 2.24) is 24.7 Å². The number of hydrogen-bond acceptors (Lipinski definition) is 6. The Hall–Kier alpha value is -4.46. The van der Waals surface area contributed by atoms with Gasteiger partial charge in [0.05, 0.1) is 6.54 Å². The van der Waals surface area contributed by atoms with Crippen molar-refractivity contribution in [2.24, 2.45) is 0 Å². The van der Waals surface area contributed by atoms with E-state index in [1.165, 1.54) is 0 Å². The van der Waals surface area contributed by atoms with Crippen LogP contribution in [0.4, 0.5) is 0 Å². The Labute approximate surface area is 207 Å². The van der Waals surface area contributed by atoms with E-state index in [4.69, 9.17) is 19.2 Å². The highest BCUT2D eigenvalue weighted by Gasteiger charge is 2.23. The van der Waals surface area contributed by atoms with E-state index in [-0.39, 0.29) is 0 Å². The Bertz CT molecular complexity index is 1740.